The summed E-state index contributed by atoms with van der Waals surface area (Å²) >= 11 is 0. The third kappa shape index (κ3) is 3.68. The summed E-state index contributed by atoms with van der Waals surface area (Å²) in [4.78, 5) is 0. The van der Waals surface area contributed by atoms with E-state index in [2.05, 4.69) is 19.3 Å². The number of hydrogen-bond donors (Lipinski definition) is 1. The van der Waals surface area contributed by atoms with E-state index in [-0.39, 0.29) is 0 Å². The van der Waals surface area contributed by atoms with Crippen LogP contribution in [0.4, 0.5) is 0 Å². The van der Waals surface area contributed by atoms with Crippen molar-refractivity contribution in [3.63, 3.8) is 0 Å². The van der Waals surface area contributed by atoms with E-state index >= 15 is 0 Å². The molecule has 78 valence electrons. The minimum absolute atomic E-state index is 0.965. The molecule has 13 heavy (non-hydrogen) atoms. The highest BCUT2D eigenvalue weighted by Crippen LogP contribution is 2.31. The van der Waals surface area contributed by atoms with Crippen LogP contribution in [0.1, 0.15) is 51.9 Å². The molecule has 1 N–H and O–H groups in total. The Morgan fingerprint density at radius 3 is 2.38 bits per heavy atom. The Kier molecular flexibility index (Phi) is 5.45. The van der Waals surface area contributed by atoms with Crippen LogP contribution in [-0.2, 0) is 0 Å². The zero-order valence-corrected chi connectivity index (χ0v) is 9.31. The Bertz CT molecular complexity index is 108. The molecule has 0 aromatic rings. The maximum absolute atomic E-state index is 3.35. The summed E-state index contributed by atoms with van der Waals surface area (Å²) < 4.78 is 0. The van der Waals surface area contributed by atoms with Gasteiger partial charge in [-0.25, -0.2) is 0 Å². The minimum atomic E-state index is 0.965. The Labute approximate surface area is 83.3 Å². The van der Waals surface area contributed by atoms with Gasteiger partial charge in [0.2, 0.25) is 0 Å². The maximum Gasteiger partial charge on any atom is -0.00209 e. The second-order valence-corrected chi connectivity index (χ2v) is 4.50. The van der Waals surface area contributed by atoms with Crippen molar-refractivity contribution in [1.29, 1.82) is 0 Å². The second-order valence-electron chi connectivity index (χ2n) is 4.50. The number of nitrogens with one attached hydrogen (secondary N) is 1. The zero-order chi connectivity index (χ0) is 9.52. The van der Waals surface area contributed by atoms with Crippen LogP contribution in [-0.4, -0.2) is 13.6 Å². The largest absolute Gasteiger partial charge is 0.319 e. The lowest BCUT2D eigenvalue weighted by molar-refractivity contribution is 0.286. The van der Waals surface area contributed by atoms with Crippen LogP contribution in [0.2, 0.25) is 0 Å². The smallest absolute Gasteiger partial charge is 0.00209 e. The van der Waals surface area contributed by atoms with E-state index in [0.717, 1.165) is 11.8 Å². The van der Waals surface area contributed by atoms with Gasteiger partial charge >= 0.3 is 0 Å². The lowest BCUT2D eigenvalue weighted by Crippen LogP contribution is -2.25. The van der Waals surface area contributed by atoms with E-state index in [1.54, 1.807) is 0 Å². The molecule has 0 radical (unpaired) electrons. The highest BCUT2D eigenvalue weighted by Gasteiger charge is 2.21. The van der Waals surface area contributed by atoms with E-state index in [9.17, 15) is 0 Å². The van der Waals surface area contributed by atoms with Gasteiger partial charge in [-0.2, -0.15) is 0 Å². The average molecular weight is 183 g/mol. The lowest BCUT2D eigenvalue weighted by Gasteiger charge is -2.24. The van der Waals surface area contributed by atoms with Crippen LogP contribution in [0.3, 0.4) is 0 Å². The van der Waals surface area contributed by atoms with Crippen LogP contribution in [0.5, 0.6) is 0 Å². The van der Waals surface area contributed by atoms with E-state index in [1.165, 1.54) is 51.5 Å². The predicted octanol–water partition coefficient (Wildman–Crippen LogP) is 3.20. The molecule has 1 rings (SSSR count). The third-order valence-corrected chi connectivity index (χ3v) is 3.44. The Balaban J connectivity index is 2.40. The molecular weight excluding hydrogens is 158 g/mol. The van der Waals surface area contributed by atoms with E-state index in [1.807, 2.05) is 0 Å². The van der Waals surface area contributed by atoms with Crippen LogP contribution >= 0.6 is 0 Å². The molecule has 1 saturated carbocycles. The quantitative estimate of drug-likeness (QED) is 0.660. The van der Waals surface area contributed by atoms with Crippen molar-refractivity contribution >= 4 is 0 Å². The Morgan fingerprint density at radius 1 is 1.08 bits per heavy atom. The monoisotopic (exact) mass is 183 g/mol. The first-order chi connectivity index (χ1) is 6.38. The molecule has 1 aliphatic rings. The molecule has 0 aliphatic heterocycles. The molecule has 1 aliphatic carbocycles. The summed E-state index contributed by atoms with van der Waals surface area (Å²) in [5.74, 6) is 1.98. The molecule has 0 aromatic heterocycles. The predicted molar refractivity (Wildman–Crippen MR) is 58.9 cm³/mol. The van der Waals surface area contributed by atoms with E-state index in [0.29, 0.717) is 0 Å². The third-order valence-electron chi connectivity index (χ3n) is 3.44. The van der Waals surface area contributed by atoms with Crippen LogP contribution < -0.4 is 5.32 Å². The Morgan fingerprint density at radius 2 is 1.77 bits per heavy atom. The van der Waals surface area contributed by atoms with Crippen molar-refractivity contribution in [3.05, 3.63) is 0 Å². The van der Waals surface area contributed by atoms with Gasteiger partial charge in [0.1, 0.15) is 0 Å². The van der Waals surface area contributed by atoms with Gasteiger partial charge in [-0.15, -0.1) is 0 Å². The molecule has 1 fully saturated rings. The molecule has 0 heterocycles. The molecule has 0 amide bonds. The molecule has 1 nitrogen and oxygen atoms in total. The van der Waals surface area contributed by atoms with Crippen LogP contribution in [0.15, 0.2) is 0 Å². The molecule has 0 bridgehead atoms. The van der Waals surface area contributed by atoms with Gasteiger partial charge in [-0.1, -0.05) is 45.4 Å². The molecular formula is C12H25N. The van der Waals surface area contributed by atoms with Crippen molar-refractivity contribution in [2.24, 2.45) is 11.8 Å². The van der Waals surface area contributed by atoms with Crippen LogP contribution in [0.25, 0.3) is 0 Å². The molecule has 0 spiro atoms. The van der Waals surface area contributed by atoms with Gasteiger partial charge in [0.05, 0.1) is 0 Å². The van der Waals surface area contributed by atoms with Gasteiger partial charge < -0.3 is 5.32 Å². The van der Waals surface area contributed by atoms with Crippen LogP contribution in [0, 0.1) is 11.8 Å². The van der Waals surface area contributed by atoms with Crippen molar-refractivity contribution in [2.75, 3.05) is 13.6 Å². The fourth-order valence-electron chi connectivity index (χ4n) is 2.74. The minimum Gasteiger partial charge on any atom is -0.319 e. The summed E-state index contributed by atoms with van der Waals surface area (Å²) in [6, 6.07) is 0. The number of hydrogen-bond acceptors (Lipinski definition) is 1. The van der Waals surface area contributed by atoms with Crippen molar-refractivity contribution in [3.8, 4) is 0 Å². The van der Waals surface area contributed by atoms with Crippen molar-refractivity contribution < 1.29 is 0 Å². The molecule has 0 aromatic carbocycles. The average Bonchev–Trinajstić information content (AvgIpc) is 2.33. The lowest BCUT2D eigenvalue weighted by atomic mass is 9.84. The summed E-state index contributed by atoms with van der Waals surface area (Å²) in [7, 11) is 2.09. The van der Waals surface area contributed by atoms with Gasteiger partial charge in [-0.05, 0) is 31.8 Å². The normalized spacial score (nSPS) is 30.0. The number of rotatable bonds is 4. The summed E-state index contributed by atoms with van der Waals surface area (Å²) in [6.07, 6.45) is 10.2. The van der Waals surface area contributed by atoms with Gasteiger partial charge in [0, 0.05) is 0 Å². The van der Waals surface area contributed by atoms with Crippen molar-refractivity contribution in [1.82, 2.24) is 5.32 Å². The van der Waals surface area contributed by atoms with E-state index in [4.69, 9.17) is 0 Å². The summed E-state index contributed by atoms with van der Waals surface area (Å²) in [5, 5.41) is 3.35. The second kappa shape index (κ2) is 6.42. The first-order valence-electron chi connectivity index (χ1n) is 6.03. The first kappa shape index (κ1) is 11.0. The molecule has 2 unspecified atom stereocenters. The fourth-order valence-corrected chi connectivity index (χ4v) is 2.74. The Hall–Kier alpha value is -0.0400. The standard InChI is InChI=1S/C12H25N/c1-3-7-11-8-5-4-6-9-12(11)10-13-2/h11-13H,3-10H2,1-2H3. The molecule has 2 atom stereocenters. The molecule has 0 saturated heterocycles. The molecule has 1 heteroatoms. The summed E-state index contributed by atoms with van der Waals surface area (Å²) in [6.45, 7) is 3.56. The van der Waals surface area contributed by atoms with Gasteiger partial charge in [0.25, 0.3) is 0 Å². The SMILES string of the molecule is CCCC1CCCCCC1CNC. The fraction of sp³-hybridized carbons (Fsp3) is 1.00. The zero-order valence-electron chi connectivity index (χ0n) is 9.31. The topological polar surface area (TPSA) is 12.0 Å². The maximum atomic E-state index is 3.35. The van der Waals surface area contributed by atoms with Gasteiger partial charge in [0.15, 0.2) is 0 Å². The first-order valence-corrected chi connectivity index (χ1v) is 6.03. The van der Waals surface area contributed by atoms with Gasteiger partial charge in [-0.3, -0.25) is 0 Å². The summed E-state index contributed by atoms with van der Waals surface area (Å²) in [5.41, 5.74) is 0. The van der Waals surface area contributed by atoms with Crippen molar-refractivity contribution in [2.45, 2.75) is 51.9 Å². The van der Waals surface area contributed by atoms with E-state index < -0.39 is 0 Å². The highest BCUT2D eigenvalue weighted by molar-refractivity contribution is 4.74. The highest BCUT2D eigenvalue weighted by atomic mass is 14.8.